The summed E-state index contributed by atoms with van der Waals surface area (Å²) in [6.07, 6.45) is 0. The Morgan fingerprint density at radius 3 is 2.10 bits per heavy atom. The number of fused-ring (bicyclic) bond motifs is 1. The highest BCUT2D eigenvalue weighted by Gasteiger charge is 2.20. The number of hydrogen-bond donors (Lipinski definition) is 1. The van der Waals surface area contributed by atoms with Crippen molar-refractivity contribution < 1.29 is 19.5 Å². The molecule has 6 nitrogen and oxygen atoms in total. The predicted molar refractivity (Wildman–Crippen MR) is 164 cm³/mol. The molecule has 1 N–H and O–H groups in total. The number of anilines is 3. The number of carboxylic acids is 1. The number of hydrogen-bond acceptors (Lipinski definition) is 5. The quantitative estimate of drug-likeness (QED) is 0.121. The third kappa shape index (κ3) is 5.77. The molecule has 0 saturated carbocycles. The van der Waals surface area contributed by atoms with Gasteiger partial charge in [-0.3, -0.25) is 0 Å². The molecule has 0 unspecified atom stereocenters. The average Bonchev–Trinajstić information content (AvgIpc) is 3.00. The summed E-state index contributed by atoms with van der Waals surface area (Å²) >= 11 is 0. The number of nitrogens with zero attached hydrogens (tertiary/aromatic N) is 2. The fourth-order valence-electron chi connectivity index (χ4n) is 4.68. The zero-order valence-corrected chi connectivity index (χ0v) is 22.7. The first-order chi connectivity index (χ1) is 19.8. The summed E-state index contributed by atoms with van der Waals surface area (Å²) in [5.41, 5.74) is 5.37. The lowest BCUT2D eigenvalue weighted by Gasteiger charge is -2.27. The molecule has 0 radical (unpaired) electrons. The van der Waals surface area contributed by atoms with Gasteiger partial charge in [0.25, 0.3) is 0 Å². The normalized spacial score (nSPS) is 11.2. The molecule has 0 aliphatic carbocycles. The molecular weight excluding hydrogens is 512 g/mol. The smallest absolute Gasteiger partial charge is 0.365 e. The van der Waals surface area contributed by atoms with Gasteiger partial charge in [-0.15, -0.1) is 0 Å². The third-order valence-corrected chi connectivity index (χ3v) is 6.78. The molecule has 0 aromatic heterocycles. The number of carboxylic acid groups (broad SMARTS) is 1. The van der Waals surface area contributed by atoms with Crippen molar-refractivity contribution in [3.63, 3.8) is 0 Å². The van der Waals surface area contributed by atoms with Gasteiger partial charge in [0.05, 0.1) is 22.5 Å². The summed E-state index contributed by atoms with van der Waals surface area (Å²) in [5, 5.41) is 16.2. The van der Waals surface area contributed by atoms with Gasteiger partial charge in [-0.2, -0.15) is 0 Å². The molecule has 0 fully saturated rings. The van der Waals surface area contributed by atoms with Gasteiger partial charge in [-0.25, -0.2) is 9.59 Å². The molecular formula is C35H28N2O4. The topological polar surface area (TPSA) is 79.2 Å². The number of aromatic carboxylic acids is 1. The molecule has 0 aliphatic rings. The third-order valence-electron chi connectivity index (χ3n) is 6.78. The lowest BCUT2D eigenvalue weighted by Crippen LogP contribution is -2.14. The van der Waals surface area contributed by atoms with E-state index in [2.05, 4.69) is 11.7 Å². The Bertz CT molecular complexity index is 1790. The number of benzene rings is 5. The molecule has 202 valence electrons. The number of allylic oxidation sites excluding steroid dienone is 1. The minimum atomic E-state index is -1.12. The van der Waals surface area contributed by atoms with Crippen LogP contribution in [0.4, 0.5) is 17.1 Å². The van der Waals surface area contributed by atoms with E-state index < -0.39 is 11.9 Å². The summed E-state index contributed by atoms with van der Waals surface area (Å²) in [7, 11) is 0. The molecule has 41 heavy (non-hydrogen) atoms. The molecule has 0 atom stereocenters. The average molecular weight is 541 g/mol. The lowest BCUT2D eigenvalue weighted by molar-refractivity contribution is 0.0516. The maximum Gasteiger partial charge on any atom is 0.365 e. The Labute approximate surface area is 238 Å². The predicted octanol–water partition coefficient (Wildman–Crippen LogP) is 8.62. The standard InChI is InChI=1S/C35H28N2O4/c1-23(2)25-16-18-28(19-17-25)37(33-15-9-13-26-10-7-8-14-31(26)33)29-20-21-30(32(22-29)34(38)39)24(3)36-41-35(40)27-11-5-4-6-12-27/h4-22H,1H2,2-3H3,(H,38,39)/b36-24-. The number of rotatable bonds is 8. The van der Waals surface area contributed by atoms with E-state index in [-0.39, 0.29) is 11.3 Å². The fourth-order valence-corrected chi connectivity index (χ4v) is 4.68. The maximum atomic E-state index is 12.5. The van der Waals surface area contributed by atoms with Crippen molar-refractivity contribution in [2.75, 3.05) is 4.90 Å². The van der Waals surface area contributed by atoms with E-state index in [9.17, 15) is 14.7 Å². The van der Waals surface area contributed by atoms with E-state index in [1.54, 1.807) is 49.4 Å². The highest BCUT2D eigenvalue weighted by molar-refractivity contribution is 6.09. The van der Waals surface area contributed by atoms with E-state index >= 15 is 0 Å². The molecule has 0 amide bonds. The first-order valence-electron chi connectivity index (χ1n) is 13.1. The second-order valence-electron chi connectivity index (χ2n) is 9.62. The van der Waals surface area contributed by atoms with E-state index in [1.807, 2.05) is 84.6 Å². The Morgan fingerprint density at radius 1 is 0.732 bits per heavy atom. The van der Waals surface area contributed by atoms with Crippen LogP contribution >= 0.6 is 0 Å². The van der Waals surface area contributed by atoms with Crippen LogP contribution in [0.15, 0.2) is 127 Å². The van der Waals surface area contributed by atoms with Crippen LogP contribution in [0, 0.1) is 0 Å². The van der Waals surface area contributed by atoms with Crippen molar-refractivity contribution >= 4 is 51.1 Å². The van der Waals surface area contributed by atoms with E-state index in [1.165, 1.54) is 0 Å². The van der Waals surface area contributed by atoms with Gasteiger partial charge >= 0.3 is 11.9 Å². The molecule has 0 saturated heterocycles. The first kappa shape index (κ1) is 27.1. The van der Waals surface area contributed by atoms with Crippen LogP contribution in [0.5, 0.6) is 0 Å². The SMILES string of the molecule is C=C(C)c1ccc(N(c2ccc(/C(C)=N\OC(=O)c3ccccc3)c(C(=O)O)c2)c2cccc3ccccc23)cc1. The number of carbonyl (C=O) groups is 2. The minimum Gasteiger partial charge on any atom is -0.478 e. The van der Waals surface area contributed by atoms with Gasteiger partial charge in [-0.05, 0) is 67.3 Å². The van der Waals surface area contributed by atoms with Crippen LogP contribution in [0.2, 0.25) is 0 Å². The van der Waals surface area contributed by atoms with Crippen LogP contribution in [0.3, 0.4) is 0 Å². The molecule has 5 aromatic carbocycles. The monoisotopic (exact) mass is 540 g/mol. The highest BCUT2D eigenvalue weighted by atomic mass is 16.7. The molecule has 0 bridgehead atoms. The Hall–Kier alpha value is -5.49. The van der Waals surface area contributed by atoms with Crippen LogP contribution in [-0.4, -0.2) is 22.8 Å². The molecule has 5 aromatic rings. The minimum absolute atomic E-state index is 0.0308. The zero-order chi connectivity index (χ0) is 28.9. The first-order valence-corrected chi connectivity index (χ1v) is 13.1. The summed E-state index contributed by atoms with van der Waals surface area (Å²) < 4.78 is 0. The Balaban J connectivity index is 1.60. The van der Waals surface area contributed by atoms with Crippen molar-refractivity contribution in [2.45, 2.75) is 13.8 Å². The summed E-state index contributed by atoms with van der Waals surface area (Å²) in [5.74, 6) is -1.75. The second-order valence-corrected chi connectivity index (χ2v) is 9.62. The van der Waals surface area contributed by atoms with Crippen molar-refractivity contribution in [1.29, 1.82) is 0 Å². The van der Waals surface area contributed by atoms with E-state index in [0.717, 1.165) is 33.3 Å². The van der Waals surface area contributed by atoms with Gasteiger partial charge in [0, 0.05) is 22.3 Å². The molecule has 0 spiro atoms. The second kappa shape index (κ2) is 11.7. The van der Waals surface area contributed by atoms with Crippen molar-refractivity contribution in [2.24, 2.45) is 5.16 Å². The van der Waals surface area contributed by atoms with Crippen LogP contribution in [-0.2, 0) is 4.84 Å². The maximum absolute atomic E-state index is 12.5. The van der Waals surface area contributed by atoms with E-state index in [4.69, 9.17) is 4.84 Å². The number of carbonyl (C=O) groups excluding carboxylic acids is 1. The van der Waals surface area contributed by atoms with Gasteiger partial charge in [-0.1, -0.05) is 90.1 Å². The summed E-state index contributed by atoms with van der Waals surface area (Å²) in [6.45, 7) is 7.60. The highest BCUT2D eigenvalue weighted by Crippen LogP contribution is 2.39. The van der Waals surface area contributed by atoms with Crippen molar-refractivity contribution in [3.05, 3.63) is 144 Å². The molecule has 5 rings (SSSR count). The van der Waals surface area contributed by atoms with Gasteiger partial charge in [0.2, 0.25) is 0 Å². The van der Waals surface area contributed by atoms with Crippen molar-refractivity contribution in [3.8, 4) is 0 Å². The van der Waals surface area contributed by atoms with Gasteiger partial charge in [0.15, 0.2) is 0 Å². The van der Waals surface area contributed by atoms with Crippen molar-refractivity contribution in [1.82, 2.24) is 0 Å². The van der Waals surface area contributed by atoms with Gasteiger partial charge < -0.3 is 14.8 Å². The summed E-state index contributed by atoms with van der Waals surface area (Å²) in [4.78, 5) is 32.0. The van der Waals surface area contributed by atoms with E-state index in [0.29, 0.717) is 16.8 Å². The summed E-state index contributed by atoms with van der Waals surface area (Å²) in [6, 6.07) is 35.7. The molecule has 6 heteroatoms. The van der Waals surface area contributed by atoms with Crippen LogP contribution < -0.4 is 4.90 Å². The fraction of sp³-hybridized carbons (Fsp3) is 0.0571. The Morgan fingerprint density at radius 2 is 1.39 bits per heavy atom. The molecule has 0 heterocycles. The number of oxime groups is 1. The molecule has 0 aliphatic heterocycles. The van der Waals surface area contributed by atoms with Gasteiger partial charge in [0.1, 0.15) is 0 Å². The largest absolute Gasteiger partial charge is 0.478 e. The van der Waals surface area contributed by atoms with Crippen LogP contribution in [0.25, 0.3) is 16.3 Å². The van der Waals surface area contributed by atoms with Crippen LogP contribution in [0.1, 0.15) is 45.7 Å². The lowest BCUT2D eigenvalue weighted by atomic mass is 10.0. The Kier molecular flexibility index (Phi) is 7.74. The zero-order valence-electron chi connectivity index (χ0n) is 22.7.